The third-order valence-corrected chi connectivity index (χ3v) is 3.18. The molecule has 0 saturated carbocycles. The molecular formula is C12H15NOS. The van der Waals surface area contributed by atoms with Crippen molar-refractivity contribution in [1.29, 1.82) is 5.26 Å². The average molecular weight is 221 g/mol. The van der Waals surface area contributed by atoms with Crippen molar-refractivity contribution in [2.24, 2.45) is 5.92 Å². The van der Waals surface area contributed by atoms with Gasteiger partial charge in [-0.25, -0.2) is 0 Å². The van der Waals surface area contributed by atoms with Gasteiger partial charge in [0.1, 0.15) is 5.92 Å². The molecule has 1 aromatic heterocycles. The first-order valence-electron chi connectivity index (χ1n) is 5.11. The van der Waals surface area contributed by atoms with Gasteiger partial charge in [-0.1, -0.05) is 19.9 Å². The van der Waals surface area contributed by atoms with Gasteiger partial charge in [0.2, 0.25) is 0 Å². The minimum absolute atomic E-state index is 0.0497. The first-order valence-corrected chi connectivity index (χ1v) is 5.99. The van der Waals surface area contributed by atoms with Gasteiger partial charge in [-0.3, -0.25) is 4.79 Å². The van der Waals surface area contributed by atoms with Crippen LogP contribution in [0.5, 0.6) is 0 Å². The number of ketones is 1. The third kappa shape index (κ3) is 3.49. The quantitative estimate of drug-likeness (QED) is 0.765. The number of carbonyl (C=O) groups excluding carboxylic acids is 1. The van der Waals surface area contributed by atoms with Crippen LogP contribution in [0, 0.1) is 17.2 Å². The van der Waals surface area contributed by atoms with E-state index >= 15 is 0 Å². The van der Waals surface area contributed by atoms with E-state index in [0.29, 0.717) is 12.3 Å². The lowest BCUT2D eigenvalue weighted by Crippen LogP contribution is -2.10. The predicted molar refractivity (Wildman–Crippen MR) is 61.8 cm³/mol. The Morgan fingerprint density at radius 3 is 2.80 bits per heavy atom. The second-order valence-corrected chi connectivity index (χ2v) is 4.96. The lowest BCUT2D eigenvalue weighted by molar-refractivity contribution is -0.119. The van der Waals surface area contributed by atoms with E-state index in [9.17, 15) is 4.79 Å². The van der Waals surface area contributed by atoms with Gasteiger partial charge in [0, 0.05) is 11.3 Å². The maximum absolute atomic E-state index is 11.8. The lowest BCUT2D eigenvalue weighted by Gasteiger charge is -2.07. The van der Waals surface area contributed by atoms with Crippen molar-refractivity contribution in [3.8, 4) is 6.07 Å². The number of nitriles is 1. The summed E-state index contributed by atoms with van der Waals surface area (Å²) in [7, 11) is 0. The summed E-state index contributed by atoms with van der Waals surface area (Å²) >= 11 is 1.47. The van der Waals surface area contributed by atoms with Crippen LogP contribution in [-0.4, -0.2) is 5.78 Å². The van der Waals surface area contributed by atoms with E-state index in [1.807, 2.05) is 17.5 Å². The second-order valence-electron chi connectivity index (χ2n) is 3.98. The van der Waals surface area contributed by atoms with Crippen LogP contribution in [0.2, 0.25) is 0 Å². The fourth-order valence-corrected chi connectivity index (χ4v) is 2.12. The molecule has 3 heteroatoms. The second kappa shape index (κ2) is 5.67. The van der Waals surface area contributed by atoms with Gasteiger partial charge in [-0.05, 0) is 23.8 Å². The number of rotatable bonds is 5. The van der Waals surface area contributed by atoms with Gasteiger partial charge in [-0.15, -0.1) is 11.3 Å². The summed E-state index contributed by atoms with van der Waals surface area (Å²) < 4.78 is 0. The minimum atomic E-state index is -0.552. The van der Waals surface area contributed by atoms with Crippen molar-refractivity contribution < 1.29 is 4.79 Å². The summed E-state index contributed by atoms with van der Waals surface area (Å²) in [5, 5.41) is 10.9. The van der Waals surface area contributed by atoms with Crippen molar-refractivity contribution >= 4 is 17.1 Å². The van der Waals surface area contributed by atoms with Crippen LogP contribution in [0.1, 0.15) is 37.5 Å². The van der Waals surface area contributed by atoms with E-state index in [0.717, 1.165) is 11.3 Å². The molecular weight excluding hydrogens is 206 g/mol. The molecule has 0 aromatic carbocycles. The Hall–Kier alpha value is -1.14. The molecule has 0 aliphatic rings. The molecule has 0 aliphatic heterocycles. The Balaban J connectivity index is 2.61. The first kappa shape index (κ1) is 11.9. The first-order chi connectivity index (χ1) is 7.15. The highest BCUT2D eigenvalue weighted by Gasteiger charge is 2.20. The van der Waals surface area contributed by atoms with E-state index in [4.69, 9.17) is 5.26 Å². The van der Waals surface area contributed by atoms with E-state index in [2.05, 4.69) is 19.9 Å². The van der Waals surface area contributed by atoms with Crippen molar-refractivity contribution in [1.82, 2.24) is 0 Å². The smallest absolute Gasteiger partial charge is 0.155 e. The summed E-state index contributed by atoms with van der Waals surface area (Å²) in [5.41, 5.74) is 0. The molecule has 1 atom stereocenters. The molecule has 0 N–H and O–H groups in total. The molecule has 15 heavy (non-hydrogen) atoms. The minimum Gasteiger partial charge on any atom is -0.298 e. The van der Waals surface area contributed by atoms with Crippen molar-refractivity contribution in [3.63, 3.8) is 0 Å². The molecule has 1 unspecified atom stereocenters. The Bertz CT molecular complexity index is 348. The zero-order valence-electron chi connectivity index (χ0n) is 9.06. The molecule has 80 valence electrons. The van der Waals surface area contributed by atoms with Gasteiger partial charge in [-0.2, -0.15) is 5.26 Å². The van der Waals surface area contributed by atoms with Crippen LogP contribution < -0.4 is 0 Å². The molecule has 1 aromatic rings. The molecule has 0 saturated heterocycles. The monoisotopic (exact) mass is 221 g/mol. The number of thiophene rings is 1. The number of Topliss-reactive ketones (excluding diaryl/α,β-unsaturated/α-hetero) is 1. The van der Waals surface area contributed by atoms with Crippen LogP contribution in [0.3, 0.4) is 0 Å². The zero-order chi connectivity index (χ0) is 11.3. The molecule has 1 heterocycles. The molecule has 0 amide bonds. The Labute approximate surface area is 94.5 Å². The van der Waals surface area contributed by atoms with E-state index in [1.54, 1.807) is 0 Å². The summed E-state index contributed by atoms with van der Waals surface area (Å²) in [6.45, 7) is 4.17. The number of hydrogen-bond acceptors (Lipinski definition) is 3. The molecule has 0 bridgehead atoms. The van der Waals surface area contributed by atoms with Crippen LogP contribution in [0.4, 0.5) is 0 Å². The summed E-state index contributed by atoms with van der Waals surface area (Å²) in [4.78, 5) is 12.6. The summed E-state index contributed by atoms with van der Waals surface area (Å²) in [5.74, 6) is 0.00836. The summed E-state index contributed by atoms with van der Waals surface area (Å²) in [6, 6.07) is 5.82. The Morgan fingerprint density at radius 1 is 1.60 bits per heavy atom. The Kier molecular flexibility index (Phi) is 4.51. The zero-order valence-corrected chi connectivity index (χ0v) is 9.88. The van der Waals surface area contributed by atoms with E-state index in [-0.39, 0.29) is 5.78 Å². The highest BCUT2D eigenvalue weighted by atomic mass is 32.1. The van der Waals surface area contributed by atoms with Crippen molar-refractivity contribution in [3.05, 3.63) is 22.4 Å². The fourth-order valence-electron chi connectivity index (χ4n) is 1.33. The Morgan fingerprint density at radius 2 is 2.33 bits per heavy atom. The van der Waals surface area contributed by atoms with Gasteiger partial charge in [0.25, 0.3) is 0 Å². The number of hydrogen-bond donors (Lipinski definition) is 0. The predicted octanol–water partition coefficient (Wildman–Crippen LogP) is 3.36. The van der Waals surface area contributed by atoms with Gasteiger partial charge in [0.15, 0.2) is 5.78 Å². The molecule has 0 spiro atoms. The maximum atomic E-state index is 11.8. The molecule has 0 fully saturated rings. The van der Waals surface area contributed by atoms with Crippen molar-refractivity contribution in [2.75, 3.05) is 0 Å². The van der Waals surface area contributed by atoms with Crippen molar-refractivity contribution in [2.45, 2.75) is 32.6 Å². The van der Waals surface area contributed by atoms with Crippen LogP contribution in [0.25, 0.3) is 0 Å². The molecule has 0 aliphatic carbocycles. The molecule has 2 nitrogen and oxygen atoms in total. The number of carbonyl (C=O) groups is 1. The highest BCUT2D eigenvalue weighted by molar-refractivity contribution is 7.10. The molecule has 1 rings (SSSR count). The topological polar surface area (TPSA) is 40.9 Å². The van der Waals surface area contributed by atoms with Crippen LogP contribution in [0.15, 0.2) is 17.5 Å². The fraction of sp³-hybridized carbons (Fsp3) is 0.500. The lowest BCUT2D eigenvalue weighted by atomic mass is 9.97. The highest BCUT2D eigenvalue weighted by Crippen LogP contribution is 2.23. The van der Waals surface area contributed by atoms with E-state index < -0.39 is 5.92 Å². The van der Waals surface area contributed by atoms with Gasteiger partial charge >= 0.3 is 0 Å². The number of nitrogens with zero attached hydrogens (tertiary/aromatic N) is 1. The average Bonchev–Trinajstić information content (AvgIpc) is 2.69. The summed E-state index contributed by atoms with van der Waals surface area (Å²) in [6.07, 6.45) is 1.37. The molecule has 0 radical (unpaired) electrons. The largest absolute Gasteiger partial charge is 0.298 e. The van der Waals surface area contributed by atoms with Crippen LogP contribution in [-0.2, 0) is 4.79 Å². The maximum Gasteiger partial charge on any atom is 0.155 e. The third-order valence-electron chi connectivity index (χ3n) is 2.25. The van der Waals surface area contributed by atoms with E-state index in [1.165, 1.54) is 11.3 Å². The normalized spacial score (nSPS) is 12.4. The SMILES string of the molecule is CC(C)CCC(=O)C(C#N)c1cccs1. The van der Waals surface area contributed by atoms with Crippen LogP contribution >= 0.6 is 11.3 Å². The van der Waals surface area contributed by atoms with Gasteiger partial charge in [0.05, 0.1) is 6.07 Å². The standard InChI is InChI=1S/C12H15NOS/c1-9(2)5-6-11(14)10(8-13)12-4-3-7-15-12/h3-4,7,9-10H,5-6H2,1-2H3. The van der Waals surface area contributed by atoms with Gasteiger partial charge < -0.3 is 0 Å².